The summed E-state index contributed by atoms with van der Waals surface area (Å²) in [4.78, 5) is 51.8. The summed E-state index contributed by atoms with van der Waals surface area (Å²) in [5.41, 5.74) is -1.76. The van der Waals surface area contributed by atoms with Gasteiger partial charge in [0.25, 0.3) is 16.8 Å². The number of aromatic hydroxyl groups is 1. The first-order chi connectivity index (χ1) is 18.1. The predicted molar refractivity (Wildman–Crippen MR) is 138 cm³/mol. The van der Waals surface area contributed by atoms with Crippen molar-refractivity contribution in [2.45, 2.75) is 38.8 Å². The van der Waals surface area contributed by atoms with Gasteiger partial charge in [-0.2, -0.15) is 0 Å². The summed E-state index contributed by atoms with van der Waals surface area (Å²) >= 11 is 0. The van der Waals surface area contributed by atoms with Gasteiger partial charge in [0.2, 0.25) is 0 Å². The largest absolute Gasteiger partial charge is 0.505 e. The van der Waals surface area contributed by atoms with Crippen LogP contribution in [-0.2, 0) is 14.3 Å². The fraction of sp³-hybridized carbons (Fsp3) is 0.407. The van der Waals surface area contributed by atoms with E-state index in [4.69, 9.17) is 13.9 Å². The molecule has 38 heavy (non-hydrogen) atoms. The average molecular weight is 524 g/mol. The molecule has 2 fully saturated rings. The van der Waals surface area contributed by atoms with Gasteiger partial charge in [-0.05, 0) is 44.0 Å². The van der Waals surface area contributed by atoms with Crippen LogP contribution >= 0.6 is 0 Å². The summed E-state index contributed by atoms with van der Waals surface area (Å²) in [7, 11) is 1.26. The molecule has 3 N–H and O–H groups in total. The molecule has 1 amide bonds. The van der Waals surface area contributed by atoms with Crippen LogP contribution in [0.15, 0.2) is 44.3 Å². The Morgan fingerprint density at radius 2 is 1.89 bits per heavy atom. The highest BCUT2D eigenvalue weighted by Crippen LogP contribution is 2.43. The van der Waals surface area contributed by atoms with E-state index in [1.807, 2.05) is 26.0 Å². The Morgan fingerprint density at radius 3 is 2.53 bits per heavy atom. The molecule has 11 nitrogen and oxygen atoms in total. The number of rotatable bonds is 8. The van der Waals surface area contributed by atoms with Crippen LogP contribution in [0, 0.1) is 12.3 Å². The molecule has 2 aromatic carbocycles. The van der Waals surface area contributed by atoms with Crippen LogP contribution in [0.1, 0.15) is 47.7 Å². The first kappa shape index (κ1) is 25.5. The maximum Gasteiger partial charge on any atom is 0.328 e. The van der Waals surface area contributed by atoms with Gasteiger partial charge in [0, 0.05) is 12.0 Å². The quantitative estimate of drug-likeness (QED) is 0.229. The summed E-state index contributed by atoms with van der Waals surface area (Å²) in [6.07, 6.45) is 1.10. The normalized spacial score (nSPS) is 19.1. The van der Waals surface area contributed by atoms with Gasteiger partial charge in [-0.25, -0.2) is 4.79 Å². The van der Waals surface area contributed by atoms with Crippen LogP contribution in [0.25, 0.3) is 0 Å². The minimum atomic E-state index is -0.752. The number of hydrogen-bond acceptors (Lipinski definition) is 10. The number of likely N-dealkylation sites (tertiary alicyclic amines) is 1. The van der Waals surface area contributed by atoms with E-state index < -0.39 is 40.6 Å². The molecule has 0 radical (unpaired) electrons. The number of furan rings is 1. The SMILES string of the molecule is COC(=O)[C@H]1CCCN1C(=O)c1cccc(Nc2c(NC(c3ccc(C)o3)C3(C)COC3)c(=O)c2=O)c1O. The molecule has 1 aromatic heterocycles. The highest BCUT2D eigenvalue weighted by atomic mass is 16.5. The highest BCUT2D eigenvalue weighted by molar-refractivity contribution is 6.01. The van der Waals surface area contributed by atoms with E-state index in [0.717, 1.165) is 0 Å². The predicted octanol–water partition coefficient (Wildman–Crippen LogP) is 2.60. The lowest BCUT2D eigenvalue weighted by Gasteiger charge is -2.44. The number of anilines is 3. The van der Waals surface area contributed by atoms with Crippen molar-refractivity contribution in [3.8, 4) is 5.75 Å². The smallest absolute Gasteiger partial charge is 0.328 e. The van der Waals surface area contributed by atoms with Crippen LogP contribution in [-0.4, -0.2) is 54.8 Å². The number of methoxy groups -OCH3 is 1. The average Bonchev–Trinajstić information content (AvgIpc) is 3.56. The molecule has 3 aromatic rings. The molecule has 2 saturated heterocycles. The van der Waals surface area contributed by atoms with Gasteiger partial charge in [0.15, 0.2) is 5.75 Å². The fourth-order valence-electron chi connectivity index (χ4n) is 5.08. The third-order valence-corrected chi connectivity index (χ3v) is 7.32. The van der Waals surface area contributed by atoms with Crippen LogP contribution in [0.5, 0.6) is 5.75 Å². The van der Waals surface area contributed by atoms with E-state index in [1.54, 1.807) is 0 Å². The second-order valence-corrected chi connectivity index (χ2v) is 10.1. The summed E-state index contributed by atoms with van der Waals surface area (Å²) in [5, 5.41) is 16.9. The molecule has 2 aliphatic rings. The zero-order valence-corrected chi connectivity index (χ0v) is 21.3. The lowest BCUT2D eigenvalue weighted by atomic mass is 9.79. The molecule has 0 aliphatic carbocycles. The van der Waals surface area contributed by atoms with Crippen molar-refractivity contribution in [2.24, 2.45) is 5.41 Å². The second-order valence-electron chi connectivity index (χ2n) is 10.1. The fourth-order valence-corrected chi connectivity index (χ4v) is 5.08. The highest BCUT2D eigenvalue weighted by Gasteiger charge is 2.45. The number of benzene rings is 1. The molecule has 11 heteroatoms. The van der Waals surface area contributed by atoms with Crippen molar-refractivity contribution < 1.29 is 28.6 Å². The van der Waals surface area contributed by atoms with Crippen LogP contribution in [0.2, 0.25) is 0 Å². The van der Waals surface area contributed by atoms with Gasteiger partial charge in [-0.1, -0.05) is 13.0 Å². The molecule has 1 unspecified atom stereocenters. The van der Waals surface area contributed by atoms with Crippen LogP contribution in [0.4, 0.5) is 17.1 Å². The number of amides is 1. The number of aryl methyl sites for hydroxylation is 1. The molecular formula is C27H29N3O8. The van der Waals surface area contributed by atoms with Crippen molar-refractivity contribution in [3.63, 3.8) is 0 Å². The van der Waals surface area contributed by atoms with Crippen molar-refractivity contribution >= 4 is 28.9 Å². The summed E-state index contributed by atoms with van der Waals surface area (Å²) in [5.74, 6) is -0.139. The number of phenolic OH excluding ortho intramolecular Hbond substituents is 1. The number of phenols is 1. The summed E-state index contributed by atoms with van der Waals surface area (Å²) in [6.45, 7) is 5.04. The minimum absolute atomic E-state index is 0.0272. The minimum Gasteiger partial charge on any atom is -0.505 e. The molecule has 5 rings (SSSR count). The maximum absolute atomic E-state index is 13.2. The number of esters is 1. The molecule has 200 valence electrons. The number of nitrogens with zero attached hydrogens (tertiary/aromatic N) is 1. The van der Waals surface area contributed by atoms with E-state index in [-0.39, 0.29) is 28.0 Å². The summed E-state index contributed by atoms with van der Waals surface area (Å²) in [6, 6.07) is 6.92. The molecule has 2 aliphatic heterocycles. The summed E-state index contributed by atoms with van der Waals surface area (Å²) < 4.78 is 16.0. The van der Waals surface area contributed by atoms with Gasteiger partial charge >= 0.3 is 5.97 Å². The van der Waals surface area contributed by atoms with Gasteiger partial charge in [-0.3, -0.25) is 14.4 Å². The molecule has 0 saturated carbocycles. The van der Waals surface area contributed by atoms with Crippen molar-refractivity contribution in [1.29, 1.82) is 0 Å². The van der Waals surface area contributed by atoms with E-state index in [1.165, 1.54) is 30.2 Å². The third kappa shape index (κ3) is 4.22. The van der Waals surface area contributed by atoms with E-state index in [9.17, 15) is 24.3 Å². The number of carbonyl (C=O) groups excluding carboxylic acids is 2. The molecule has 0 bridgehead atoms. The van der Waals surface area contributed by atoms with E-state index in [0.29, 0.717) is 44.1 Å². The lowest BCUT2D eigenvalue weighted by Crippen LogP contribution is -2.49. The van der Waals surface area contributed by atoms with Gasteiger partial charge in [0.05, 0.1) is 37.6 Å². The maximum atomic E-state index is 13.2. The Balaban J connectivity index is 1.42. The van der Waals surface area contributed by atoms with Crippen molar-refractivity contribution in [2.75, 3.05) is 37.5 Å². The molecule has 0 spiro atoms. The standard InChI is InChI=1S/C27H29N3O8/c1-14-9-10-18(38-14)24(27(2)12-37-13-27)29-20-19(22(32)23(20)33)28-16-7-4-6-15(21(16)31)25(34)30-11-5-8-17(30)26(35)36-3/h4,6-7,9-10,17,24,28-29,31H,5,8,11-13H2,1-3H3/t17-,24?/m1/s1. The Hall–Kier alpha value is -4.12. The Bertz CT molecular complexity index is 1460. The van der Waals surface area contributed by atoms with Gasteiger partial charge in [-0.15, -0.1) is 0 Å². The molecule has 3 heterocycles. The number of hydrogen-bond donors (Lipinski definition) is 3. The second kappa shape index (κ2) is 9.64. The number of para-hydroxylation sites is 1. The van der Waals surface area contributed by atoms with E-state index >= 15 is 0 Å². The number of nitrogens with one attached hydrogen (secondary N) is 2. The van der Waals surface area contributed by atoms with Crippen molar-refractivity contribution in [3.05, 3.63) is 67.9 Å². The Labute approximate surface area is 218 Å². The number of carbonyl (C=O) groups is 2. The van der Waals surface area contributed by atoms with E-state index in [2.05, 4.69) is 10.6 Å². The van der Waals surface area contributed by atoms with Crippen LogP contribution < -0.4 is 21.5 Å². The molecular weight excluding hydrogens is 494 g/mol. The zero-order chi connectivity index (χ0) is 27.2. The topological polar surface area (TPSA) is 147 Å². The Kier molecular flexibility index (Phi) is 6.47. The first-order valence-corrected chi connectivity index (χ1v) is 12.4. The number of ether oxygens (including phenoxy) is 2. The third-order valence-electron chi connectivity index (χ3n) is 7.32. The van der Waals surface area contributed by atoms with Crippen LogP contribution in [0.3, 0.4) is 0 Å². The lowest BCUT2D eigenvalue weighted by molar-refractivity contribution is -0.145. The molecule has 2 atom stereocenters. The van der Waals surface area contributed by atoms with Gasteiger partial charge < -0.3 is 34.5 Å². The van der Waals surface area contributed by atoms with Gasteiger partial charge in [0.1, 0.15) is 28.9 Å². The Morgan fingerprint density at radius 1 is 1.16 bits per heavy atom. The first-order valence-electron chi connectivity index (χ1n) is 12.4. The van der Waals surface area contributed by atoms with Crippen molar-refractivity contribution in [1.82, 2.24) is 4.90 Å². The monoisotopic (exact) mass is 523 g/mol. The zero-order valence-electron chi connectivity index (χ0n) is 21.3.